The predicted octanol–water partition coefficient (Wildman–Crippen LogP) is 3.44. The number of nitro groups is 1. The van der Waals surface area contributed by atoms with Crippen molar-refractivity contribution in [1.82, 2.24) is 0 Å². The summed E-state index contributed by atoms with van der Waals surface area (Å²) in [4.78, 5) is 9.66. The van der Waals surface area contributed by atoms with E-state index in [0.717, 1.165) is 25.3 Å². The lowest BCUT2D eigenvalue weighted by molar-refractivity contribution is -0.387. The van der Waals surface area contributed by atoms with E-state index in [4.69, 9.17) is 4.74 Å². The van der Waals surface area contributed by atoms with Crippen LogP contribution in [-0.2, 0) is 11.3 Å². The summed E-state index contributed by atoms with van der Waals surface area (Å²) in [7, 11) is 0. The van der Waals surface area contributed by atoms with E-state index in [1.165, 1.54) is 12.1 Å². The number of ether oxygens (including phenoxy) is 1. The summed E-state index contributed by atoms with van der Waals surface area (Å²) in [6.07, 6.45) is 3.20. The molecule has 1 aromatic rings. The Morgan fingerprint density at radius 3 is 2.76 bits per heavy atom. The van der Waals surface area contributed by atoms with Crippen molar-refractivity contribution in [3.05, 3.63) is 39.7 Å². The number of rotatable bonds is 7. The minimum absolute atomic E-state index is 0.290. The molecule has 0 heterocycles. The third-order valence-corrected chi connectivity index (χ3v) is 2.37. The first kappa shape index (κ1) is 13.6. The Hall–Kier alpha value is -1.49. The van der Waals surface area contributed by atoms with E-state index < -0.39 is 16.4 Å². The lowest BCUT2D eigenvalue weighted by Crippen LogP contribution is -1.98. The molecule has 0 aliphatic rings. The zero-order valence-corrected chi connectivity index (χ0v) is 9.82. The molecular weight excluding hydrogens is 225 g/mol. The van der Waals surface area contributed by atoms with Gasteiger partial charge in [0.1, 0.15) is 0 Å². The van der Waals surface area contributed by atoms with Crippen molar-refractivity contribution in [2.45, 2.75) is 32.8 Å². The van der Waals surface area contributed by atoms with Crippen molar-refractivity contribution in [3.63, 3.8) is 0 Å². The third kappa shape index (κ3) is 4.48. The number of benzene rings is 1. The van der Waals surface area contributed by atoms with Gasteiger partial charge in [-0.25, -0.2) is 0 Å². The van der Waals surface area contributed by atoms with E-state index in [1.54, 1.807) is 0 Å². The van der Waals surface area contributed by atoms with Gasteiger partial charge in [0.05, 0.1) is 11.5 Å². The molecule has 0 saturated heterocycles. The number of halogens is 1. The van der Waals surface area contributed by atoms with Crippen LogP contribution < -0.4 is 0 Å². The smallest absolute Gasteiger partial charge is 0.304 e. The van der Waals surface area contributed by atoms with Gasteiger partial charge in [0, 0.05) is 12.7 Å². The molecule has 94 valence electrons. The van der Waals surface area contributed by atoms with Crippen molar-refractivity contribution >= 4 is 5.69 Å². The lowest BCUT2D eigenvalue weighted by Gasteiger charge is -2.04. The van der Waals surface area contributed by atoms with Crippen LogP contribution in [0.1, 0.15) is 31.7 Å². The molecule has 0 spiro atoms. The number of hydrogen-bond donors (Lipinski definition) is 0. The number of nitro benzene ring substituents is 1. The summed E-state index contributed by atoms with van der Waals surface area (Å²) in [5.41, 5.74) is 0.115. The van der Waals surface area contributed by atoms with Crippen LogP contribution in [-0.4, -0.2) is 11.5 Å². The number of unbranched alkanes of at least 4 members (excludes halogenated alkanes) is 2. The van der Waals surface area contributed by atoms with E-state index in [-0.39, 0.29) is 0 Å². The van der Waals surface area contributed by atoms with Crippen LogP contribution in [0.4, 0.5) is 10.1 Å². The van der Waals surface area contributed by atoms with Gasteiger partial charge in [-0.3, -0.25) is 10.1 Å². The lowest BCUT2D eigenvalue weighted by atomic mass is 10.2. The first-order valence-corrected chi connectivity index (χ1v) is 5.65. The van der Waals surface area contributed by atoms with E-state index in [9.17, 15) is 14.5 Å². The van der Waals surface area contributed by atoms with Gasteiger partial charge in [-0.05, 0) is 24.1 Å². The number of hydrogen-bond acceptors (Lipinski definition) is 3. The van der Waals surface area contributed by atoms with Crippen LogP contribution >= 0.6 is 0 Å². The Bertz CT molecular complexity index is 382. The molecule has 5 heteroatoms. The van der Waals surface area contributed by atoms with Crippen LogP contribution in [0.25, 0.3) is 0 Å². The highest BCUT2D eigenvalue weighted by atomic mass is 19.1. The molecule has 0 amide bonds. The van der Waals surface area contributed by atoms with Crippen molar-refractivity contribution < 1.29 is 14.1 Å². The Kier molecular flexibility index (Phi) is 5.56. The molecule has 0 aliphatic heterocycles. The quantitative estimate of drug-likeness (QED) is 0.417. The summed E-state index contributed by atoms with van der Waals surface area (Å²) in [6.45, 7) is 3.02. The van der Waals surface area contributed by atoms with E-state index >= 15 is 0 Å². The van der Waals surface area contributed by atoms with Gasteiger partial charge >= 0.3 is 5.69 Å². The molecule has 17 heavy (non-hydrogen) atoms. The molecule has 0 atom stereocenters. The van der Waals surface area contributed by atoms with Crippen LogP contribution in [0.2, 0.25) is 0 Å². The Labute approximate surface area is 99.6 Å². The van der Waals surface area contributed by atoms with Crippen LogP contribution in [0.15, 0.2) is 18.2 Å². The Morgan fingerprint density at radius 2 is 2.18 bits per heavy atom. The molecule has 4 nitrogen and oxygen atoms in total. The summed E-state index contributed by atoms with van der Waals surface area (Å²) in [6, 6.07) is 3.83. The maximum Gasteiger partial charge on any atom is 0.304 e. The third-order valence-electron chi connectivity index (χ3n) is 2.37. The molecule has 1 rings (SSSR count). The molecular formula is C12H16FNO3. The minimum atomic E-state index is -0.815. The molecule has 0 fully saturated rings. The first-order valence-electron chi connectivity index (χ1n) is 5.65. The predicted molar refractivity (Wildman–Crippen MR) is 62.2 cm³/mol. The molecule has 0 N–H and O–H groups in total. The van der Waals surface area contributed by atoms with Crippen LogP contribution in [0, 0.1) is 15.9 Å². The highest BCUT2D eigenvalue weighted by Gasteiger charge is 2.13. The topological polar surface area (TPSA) is 52.4 Å². The normalized spacial score (nSPS) is 10.5. The molecule has 0 aromatic heterocycles. The van der Waals surface area contributed by atoms with Crippen molar-refractivity contribution in [2.24, 2.45) is 0 Å². The largest absolute Gasteiger partial charge is 0.377 e. The summed E-state index contributed by atoms with van der Waals surface area (Å²) >= 11 is 0. The van der Waals surface area contributed by atoms with Gasteiger partial charge in [-0.1, -0.05) is 19.8 Å². The average molecular weight is 241 g/mol. The fourth-order valence-corrected chi connectivity index (χ4v) is 1.43. The molecule has 1 aromatic carbocycles. The zero-order chi connectivity index (χ0) is 12.7. The summed E-state index contributed by atoms with van der Waals surface area (Å²) < 4.78 is 18.6. The standard InChI is InChI=1S/C12H16FNO3/c1-2-3-4-7-17-9-10-5-6-12(14(15)16)11(13)8-10/h5-6,8H,2-4,7,9H2,1H3. The highest BCUT2D eigenvalue weighted by molar-refractivity contribution is 5.34. The second-order valence-corrected chi connectivity index (χ2v) is 3.80. The summed E-state index contributed by atoms with van der Waals surface area (Å²) in [5, 5.41) is 10.4. The van der Waals surface area contributed by atoms with Crippen LogP contribution in [0.3, 0.4) is 0 Å². The minimum Gasteiger partial charge on any atom is -0.377 e. The molecule has 0 unspecified atom stereocenters. The van der Waals surface area contributed by atoms with E-state index in [0.29, 0.717) is 18.8 Å². The van der Waals surface area contributed by atoms with E-state index in [1.807, 2.05) is 0 Å². The fraction of sp³-hybridized carbons (Fsp3) is 0.500. The van der Waals surface area contributed by atoms with Crippen molar-refractivity contribution in [2.75, 3.05) is 6.61 Å². The van der Waals surface area contributed by atoms with Crippen LogP contribution in [0.5, 0.6) is 0 Å². The van der Waals surface area contributed by atoms with Crippen molar-refractivity contribution in [1.29, 1.82) is 0 Å². The molecule has 0 saturated carbocycles. The fourth-order valence-electron chi connectivity index (χ4n) is 1.43. The SMILES string of the molecule is CCCCCOCc1ccc([N+](=O)[O-])c(F)c1. The second kappa shape index (κ2) is 6.96. The monoisotopic (exact) mass is 241 g/mol. The Balaban J connectivity index is 2.45. The molecule has 0 bridgehead atoms. The maximum atomic E-state index is 13.2. The van der Waals surface area contributed by atoms with Gasteiger partial charge in [-0.2, -0.15) is 4.39 Å². The van der Waals surface area contributed by atoms with Gasteiger partial charge in [0.25, 0.3) is 0 Å². The van der Waals surface area contributed by atoms with Crippen molar-refractivity contribution in [3.8, 4) is 0 Å². The van der Waals surface area contributed by atoms with Gasteiger partial charge in [-0.15, -0.1) is 0 Å². The molecule has 0 radical (unpaired) electrons. The maximum absolute atomic E-state index is 13.2. The Morgan fingerprint density at radius 1 is 1.41 bits per heavy atom. The van der Waals surface area contributed by atoms with Gasteiger partial charge < -0.3 is 4.74 Å². The highest BCUT2D eigenvalue weighted by Crippen LogP contribution is 2.18. The first-order chi connectivity index (χ1) is 8.15. The zero-order valence-electron chi connectivity index (χ0n) is 9.82. The number of nitrogens with zero attached hydrogens (tertiary/aromatic N) is 1. The van der Waals surface area contributed by atoms with Gasteiger partial charge in [0.2, 0.25) is 5.82 Å². The summed E-state index contributed by atoms with van der Waals surface area (Å²) in [5.74, 6) is -0.815. The average Bonchev–Trinajstić information content (AvgIpc) is 2.28. The van der Waals surface area contributed by atoms with E-state index in [2.05, 4.69) is 6.92 Å². The second-order valence-electron chi connectivity index (χ2n) is 3.80. The molecule has 0 aliphatic carbocycles. The van der Waals surface area contributed by atoms with Gasteiger partial charge in [0.15, 0.2) is 0 Å².